The third-order valence-electron chi connectivity index (χ3n) is 3.94. The van der Waals surface area contributed by atoms with Crippen molar-refractivity contribution in [3.63, 3.8) is 0 Å². The summed E-state index contributed by atoms with van der Waals surface area (Å²) in [5, 5.41) is 9.99. The number of anilines is 1. The summed E-state index contributed by atoms with van der Waals surface area (Å²) in [6.07, 6.45) is 2.86. The maximum Gasteiger partial charge on any atom is 0.257 e. The van der Waals surface area contributed by atoms with Crippen molar-refractivity contribution >= 4 is 30.0 Å². The fourth-order valence-electron chi connectivity index (χ4n) is 2.62. The van der Waals surface area contributed by atoms with Gasteiger partial charge in [-0.3, -0.25) is 14.4 Å². The van der Waals surface area contributed by atoms with Gasteiger partial charge in [0.25, 0.3) is 5.91 Å². The lowest BCUT2D eigenvalue weighted by molar-refractivity contribution is -0.122. The molecule has 0 saturated heterocycles. The predicted molar refractivity (Wildman–Crippen MR) is 104 cm³/mol. The molecule has 0 fully saturated rings. The van der Waals surface area contributed by atoms with Crippen LogP contribution in [-0.2, 0) is 9.59 Å². The number of Topliss-reactive ketones (excluding diaryl/α,β-unsaturated/α-hetero) is 1. The number of carbonyl (C=O) groups excluding carboxylic acids is 4. The molecule has 0 saturated carbocycles. The molecule has 1 rings (SSSR count). The van der Waals surface area contributed by atoms with E-state index in [1.807, 2.05) is 6.92 Å². The second-order valence-electron chi connectivity index (χ2n) is 5.66. The van der Waals surface area contributed by atoms with E-state index in [1.54, 1.807) is 18.2 Å². The van der Waals surface area contributed by atoms with E-state index in [2.05, 4.69) is 5.32 Å². The number of carbonyl (C=O) groups is 4. The number of ketones is 1. The Morgan fingerprint density at radius 2 is 1.96 bits per heavy atom. The average molecular weight is 379 g/mol. The third kappa shape index (κ3) is 6.92. The van der Waals surface area contributed by atoms with E-state index >= 15 is 0 Å². The molecule has 8 heteroatoms. The summed E-state index contributed by atoms with van der Waals surface area (Å²) < 4.78 is 0. The fourth-order valence-corrected chi connectivity index (χ4v) is 2.62. The van der Waals surface area contributed by atoms with Gasteiger partial charge in [-0.2, -0.15) is 0 Å². The summed E-state index contributed by atoms with van der Waals surface area (Å²) in [6, 6.07) is 4.22. The lowest BCUT2D eigenvalue weighted by Crippen LogP contribution is -2.45. The molecule has 4 N–H and O–H groups in total. The number of nitrogens with one attached hydrogen (secondary N) is 1. The summed E-state index contributed by atoms with van der Waals surface area (Å²) in [6.45, 7) is 2.11. The van der Waals surface area contributed by atoms with Crippen molar-refractivity contribution in [3.8, 4) is 0 Å². The first kappa shape index (κ1) is 24.4. The zero-order chi connectivity index (χ0) is 20.8. The van der Waals surface area contributed by atoms with Gasteiger partial charge in [0.2, 0.25) is 0 Å². The molecule has 27 heavy (non-hydrogen) atoms. The highest BCUT2D eigenvalue weighted by Gasteiger charge is 2.28. The van der Waals surface area contributed by atoms with Gasteiger partial charge < -0.3 is 25.9 Å². The fraction of sp³-hybridized carbons (Fsp3) is 0.474. The summed E-state index contributed by atoms with van der Waals surface area (Å²) in [4.78, 5) is 48.3. The first-order valence-corrected chi connectivity index (χ1v) is 8.72. The highest BCUT2D eigenvalue weighted by atomic mass is 16.2. The maximum atomic E-state index is 13.0. The number of nitrogens with two attached hydrogens (primary N) is 1. The van der Waals surface area contributed by atoms with E-state index in [9.17, 15) is 19.2 Å². The maximum absolute atomic E-state index is 13.0. The Morgan fingerprint density at radius 1 is 1.30 bits per heavy atom. The van der Waals surface area contributed by atoms with E-state index in [-0.39, 0.29) is 29.9 Å². The molecule has 1 aromatic carbocycles. The Bertz CT molecular complexity index is 634. The molecule has 0 radical (unpaired) electrons. The van der Waals surface area contributed by atoms with Gasteiger partial charge in [-0.1, -0.05) is 25.5 Å². The Kier molecular flexibility index (Phi) is 12.3. The van der Waals surface area contributed by atoms with Crippen LogP contribution in [0.5, 0.6) is 0 Å². The van der Waals surface area contributed by atoms with Gasteiger partial charge in [0.15, 0.2) is 12.1 Å². The van der Waals surface area contributed by atoms with E-state index in [0.29, 0.717) is 31.4 Å². The van der Waals surface area contributed by atoms with Gasteiger partial charge in [-0.05, 0) is 12.5 Å². The molecule has 0 aromatic heterocycles. The monoisotopic (exact) mass is 379 g/mol. The molecule has 8 nitrogen and oxygen atoms in total. The lowest BCUT2D eigenvalue weighted by Gasteiger charge is -2.28. The minimum atomic E-state index is -0.634. The minimum absolute atomic E-state index is 0.151. The van der Waals surface area contributed by atoms with Gasteiger partial charge in [0.1, 0.15) is 6.29 Å². The number of likely N-dealkylation sites (N-methyl/N-ethyl adjacent to an activating group) is 1. The van der Waals surface area contributed by atoms with Crippen molar-refractivity contribution < 1.29 is 24.3 Å². The van der Waals surface area contributed by atoms with Crippen molar-refractivity contribution in [1.29, 1.82) is 0 Å². The number of aliphatic hydroxyl groups is 1. The third-order valence-corrected chi connectivity index (χ3v) is 3.94. The Labute approximate surface area is 159 Å². The summed E-state index contributed by atoms with van der Waals surface area (Å²) >= 11 is 0. The van der Waals surface area contributed by atoms with Gasteiger partial charge in [-0.15, -0.1) is 0 Å². The van der Waals surface area contributed by atoms with Crippen molar-refractivity contribution in [2.45, 2.75) is 32.2 Å². The van der Waals surface area contributed by atoms with Gasteiger partial charge in [0.05, 0.1) is 18.2 Å². The zero-order valence-corrected chi connectivity index (χ0v) is 16.1. The van der Waals surface area contributed by atoms with Crippen LogP contribution in [0, 0.1) is 0 Å². The largest absolute Gasteiger partial charge is 0.400 e. The first-order valence-electron chi connectivity index (χ1n) is 8.72. The quantitative estimate of drug-likeness (QED) is 0.384. The molecule has 1 atom stereocenters. The molecule has 0 aliphatic rings. The molecule has 1 unspecified atom stereocenters. The average Bonchev–Trinajstić information content (AvgIpc) is 2.71. The summed E-state index contributed by atoms with van der Waals surface area (Å²) in [5.41, 5.74) is 6.33. The smallest absolute Gasteiger partial charge is 0.257 e. The molecule has 1 amide bonds. The van der Waals surface area contributed by atoms with Crippen LogP contribution >= 0.6 is 0 Å². The molecule has 0 heterocycles. The number of rotatable bonds is 11. The molecule has 0 spiro atoms. The molecule has 150 valence electrons. The minimum Gasteiger partial charge on any atom is -0.400 e. The van der Waals surface area contributed by atoms with Crippen molar-refractivity contribution in [2.24, 2.45) is 5.73 Å². The molecular weight excluding hydrogens is 350 g/mol. The Balaban J connectivity index is 0.00000326. The van der Waals surface area contributed by atoms with Crippen LogP contribution in [0.1, 0.15) is 46.9 Å². The van der Waals surface area contributed by atoms with Gasteiger partial charge >= 0.3 is 0 Å². The highest BCUT2D eigenvalue weighted by Crippen LogP contribution is 2.22. The van der Waals surface area contributed by atoms with Crippen LogP contribution < -0.4 is 11.1 Å². The van der Waals surface area contributed by atoms with Gasteiger partial charge in [0, 0.05) is 38.4 Å². The zero-order valence-electron chi connectivity index (χ0n) is 16.1. The van der Waals surface area contributed by atoms with Crippen LogP contribution in [0.2, 0.25) is 0 Å². The van der Waals surface area contributed by atoms with Crippen LogP contribution in [0.25, 0.3) is 0 Å². The Hall–Kier alpha value is -2.58. The van der Waals surface area contributed by atoms with Crippen LogP contribution in [0.4, 0.5) is 5.69 Å². The standard InChI is InChI=1S/C18H25N3O4.CH4O/c1-3-6-15(16(24)11-19)21(2)18(25)17-13(12-23)7-4-8-14(17)20-9-5-10-22;1-2/h4,7-8,10,12,15,20H,3,5-6,9,11,19H2,1-2H3;2H,1H3. The van der Waals surface area contributed by atoms with E-state index in [1.165, 1.54) is 11.9 Å². The predicted octanol–water partition coefficient (Wildman–Crippen LogP) is 0.877. The highest BCUT2D eigenvalue weighted by molar-refractivity contribution is 6.07. The number of amides is 1. The number of hydrogen-bond acceptors (Lipinski definition) is 7. The van der Waals surface area contributed by atoms with E-state index < -0.39 is 11.9 Å². The first-order chi connectivity index (χ1) is 13.0. The van der Waals surface area contributed by atoms with E-state index in [0.717, 1.165) is 13.4 Å². The Morgan fingerprint density at radius 3 is 2.48 bits per heavy atom. The molecule has 0 aliphatic heterocycles. The van der Waals surface area contributed by atoms with Crippen LogP contribution in [-0.4, -0.2) is 67.6 Å². The number of aldehydes is 2. The molecule has 1 aromatic rings. The van der Waals surface area contributed by atoms with Gasteiger partial charge in [-0.25, -0.2) is 0 Å². The van der Waals surface area contributed by atoms with Crippen LogP contribution in [0.15, 0.2) is 18.2 Å². The molecule has 0 aliphatic carbocycles. The number of benzene rings is 1. The normalized spacial score (nSPS) is 10.9. The lowest BCUT2D eigenvalue weighted by atomic mass is 10.0. The van der Waals surface area contributed by atoms with E-state index in [4.69, 9.17) is 10.8 Å². The number of aliphatic hydroxyl groups excluding tert-OH is 1. The van der Waals surface area contributed by atoms with Crippen molar-refractivity contribution in [3.05, 3.63) is 29.3 Å². The summed E-state index contributed by atoms with van der Waals surface area (Å²) in [5.74, 6) is -0.659. The second-order valence-corrected chi connectivity index (χ2v) is 5.66. The number of nitrogens with zero attached hydrogens (tertiary/aromatic N) is 1. The van der Waals surface area contributed by atoms with Crippen molar-refractivity contribution in [1.82, 2.24) is 4.90 Å². The SMILES string of the molecule is CCCC(C(=O)CN)N(C)C(=O)c1c(C=O)cccc1NCCC=O.CO. The van der Waals surface area contributed by atoms with Crippen molar-refractivity contribution in [2.75, 3.05) is 32.6 Å². The number of hydrogen-bond donors (Lipinski definition) is 3. The summed E-state index contributed by atoms with van der Waals surface area (Å²) in [7, 11) is 2.53. The molecular formula is C19H29N3O5. The second kappa shape index (κ2) is 13.6. The van der Waals surface area contributed by atoms with Crippen LogP contribution in [0.3, 0.4) is 0 Å². The molecule has 0 bridgehead atoms. The topological polar surface area (TPSA) is 130 Å².